The summed E-state index contributed by atoms with van der Waals surface area (Å²) in [6, 6.07) is 7.70. The van der Waals surface area contributed by atoms with Crippen molar-refractivity contribution >= 4 is 39.1 Å². The standard InChI is InChI=1S/C15H16N2O3S.C3H8O3S.Na/c1-3-17-14(18)13(20-15(17)21)9(2)8-12-16-10-6-4-5-7-11(10)19-12;1-2-3-7(4,5)6;/h4-8,12-13,16H,3H2,1-2H3;2-3H2,1H3,(H,4,5,6);/q;;+1/p-1. The number of thiocarbonyl (C=S) groups is 1. The van der Waals surface area contributed by atoms with E-state index in [0.717, 1.165) is 17.0 Å². The summed E-state index contributed by atoms with van der Waals surface area (Å²) in [6.07, 6.45) is 1.31. The molecule has 1 amide bonds. The van der Waals surface area contributed by atoms with Crippen LogP contribution in [0, 0.1) is 0 Å². The molecule has 2 atom stereocenters. The molecule has 29 heavy (non-hydrogen) atoms. The van der Waals surface area contributed by atoms with Crippen molar-refractivity contribution in [2.45, 2.75) is 39.5 Å². The van der Waals surface area contributed by atoms with Crippen LogP contribution in [0.25, 0.3) is 0 Å². The van der Waals surface area contributed by atoms with Gasteiger partial charge in [-0.15, -0.1) is 0 Å². The van der Waals surface area contributed by atoms with E-state index in [2.05, 4.69) is 5.32 Å². The van der Waals surface area contributed by atoms with Crippen molar-refractivity contribution in [3.05, 3.63) is 35.9 Å². The molecule has 3 rings (SSSR count). The fraction of sp³-hybridized carbons (Fsp3) is 0.444. The number of ether oxygens (including phenoxy) is 2. The molecule has 0 spiro atoms. The number of anilines is 1. The van der Waals surface area contributed by atoms with Gasteiger partial charge in [0.15, 0.2) is 6.23 Å². The minimum absolute atomic E-state index is 0. The summed E-state index contributed by atoms with van der Waals surface area (Å²) in [4.78, 5) is 13.7. The summed E-state index contributed by atoms with van der Waals surface area (Å²) >= 11 is 5.06. The van der Waals surface area contributed by atoms with Crippen molar-refractivity contribution < 1.29 is 56.8 Å². The van der Waals surface area contributed by atoms with Crippen molar-refractivity contribution in [3.8, 4) is 5.75 Å². The zero-order valence-corrected chi connectivity index (χ0v) is 20.5. The molecule has 1 fully saturated rings. The number of carbonyl (C=O) groups is 1. The summed E-state index contributed by atoms with van der Waals surface area (Å²) in [7, 11) is -3.92. The molecule has 2 aliphatic heterocycles. The molecule has 0 bridgehead atoms. The van der Waals surface area contributed by atoms with E-state index in [0.29, 0.717) is 13.0 Å². The van der Waals surface area contributed by atoms with E-state index in [1.54, 1.807) is 6.92 Å². The van der Waals surface area contributed by atoms with Crippen LogP contribution in [-0.4, -0.2) is 53.6 Å². The van der Waals surface area contributed by atoms with Crippen LogP contribution in [0.15, 0.2) is 35.9 Å². The number of nitrogens with zero attached hydrogens (tertiary/aromatic N) is 1. The van der Waals surface area contributed by atoms with Gasteiger partial charge in [0.1, 0.15) is 5.75 Å². The third-order valence-electron chi connectivity index (χ3n) is 3.97. The van der Waals surface area contributed by atoms with Gasteiger partial charge in [-0.05, 0) is 56.3 Å². The zero-order chi connectivity index (χ0) is 20.9. The first kappa shape index (κ1) is 25.9. The molecule has 11 heteroatoms. The number of fused-ring (bicyclic) bond motifs is 1. The molecule has 8 nitrogen and oxygen atoms in total. The van der Waals surface area contributed by atoms with Gasteiger partial charge in [0.25, 0.3) is 11.1 Å². The maximum absolute atomic E-state index is 12.2. The maximum atomic E-state index is 12.2. The van der Waals surface area contributed by atoms with Gasteiger partial charge in [0.05, 0.1) is 15.8 Å². The van der Waals surface area contributed by atoms with Crippen LogP contribution in [0.4, 0.5) is 5.69 Å². The van der Waals surface area contributed by atoms with E-state index in [1.165, 1.54) is 4.90 Å². The van der Waals surface area contributed by atoms with Gasteiger partial charge in [-0.3, -0.25) is 9.69 Å². The third-order valence-corrected chi connectivity index (χ3v) is 5.19. The normalized spacial score (nSPS) is 20.6. The molecule has 2 aliphatic rings. The molecule has 2 unspecified atom stereocenters. The fourth-order valence-corrected chi connectivity index (χ4v) is 3.49. The number of carbonyl (C=O) groups excluding carboxylic acids is 1. The third kappa shape index (κ3) is 7.23. The maximum Gasteiger partial charge on any atom is 1.00 e. The van der Waals surface area contributed by atoms with E-state index < -0.39 is 16.2 Å². The van der Waals surface area contributed by atoms with E-state index in [4.69, 9.17) is 21.7 Å². The van der Waals surface area contributed by atoms with E-state index in [9.17, 15) is 17.8 Å². The van der Waals surface area contributed by atoms with Gasteiger partial charge in [-0.2, -0.15) is 0 Å². The van der Waals surface area contributed by atoms with E-state index >= 15 is 0 Å². The summed E-state index contributed by atoms with van der Waals surface area (Å²) in [6.45, 7) is 5.88. The number of rotatable bonds is 5. The molecular weight excluding hydrogens is 427 g/mol. The number of hydrogen-bond acceptors (Lipinski definition) is 8. The monoisotopic (exact) mass is 450 g/mol. The minimum Gasteiger partial charge on any atom is -0.748 e. The molecule has 0 radical (unpaired) electrons. The molecular formula is C18H23N2NaO6S2. The van der Waals surface area contributed by atoms with Crippen LogP contribution < -0.4 is 39.6 Å². The predicted octanol–water partition coefficient (Wildman–Crippen LogP) is -0.759. The Balaban J connectivity index is 0.000000456. The Labute approximate surface area is 198 Å². The number of amides is 1. The first-order valence-electron chi connectivity index (χ1n) is 8.82. The Hall–Kier alpha value is -1.17. The van der Waals surface area contributed by atoms with E-state index in [-0.39, 0.29) is 52.6 Å². The largest absolute Gasteiger partial charge is 1.00 e. The Morgan fingerprint density at radius 3 is 2.45 bits per heavy atom. The summed E-state index contributed by atoms with van der Waals surface area (Å²) in [5.41, 5.74) is 1.72. The SMILES string of the molecule is CCCS(=O)(=O)[O-].CCN1C(=O)C(C(C)=CC2Nc3ccccc3O2)OC1=S.[Na+]. The number of para-hydroxylation sites is 2. The fourth-order valence-electron chi connectivity index (χ4n) is 2.68. The van der Waals surface area contributed by atoms with Crippen molar-refractivity contribution in [3.63, 3.8) is 0 Å². The van der Waals surface area contributed by atoms with Gasteiger partial charge >= 0.3 is 29.6 Å². The van der Waals surface area contributed by atoms with Crippen LogP contribution >= 0.6 is 12.2 Å². The number of likely N-dealkylation sites (N-methyl/N-ethyl adjacent to an activating group) is 1. The second kappa shape index (κ2) is 11.3. The smallest absolute Gasteiger partial charge is 0.748 e. The van der Waals surface area contributed by atoms with Gasteiger partial charge in [-0.1, -0.05) is 19.1 Å². The molecule has 1 aromatic carbocycles. The summed E-state index contributed by atoms with van der Waals surface area (Å²) < 4.78 is 40.3. The molecule has 0 aliphatic carbocycles. The van der Waals surface area contributed by atoms with E-state index in [1.807, 2.05) is 44.2 Å². The van der Waals surface area contributed by atoms with Crippen molar-refractivity contribution in [1.82, 2.24) is 4.90 Å². The Morgan fingerprint density at radius 2 is 1.97 bits per heavy atom. The Bertz CT molecular complexity index is 850. The first-order chi connectivity index (χ1) is 13.2. The summed E-state index contributed by atoms with van der Waals surface area (Å²) in [5.74, 6) is 0.440. The molecule has 1 saturated heterocycles. The molecule has 1 aromatic rings. The Kier molecular flexibility index (Phi) is 10.1. The first-order valence-corrected chi connectivity index (χ1v) is 10.8. The van der Waals surface area contributed by atoms with Gasteiger partial charge < -0.3 is 19.3 Å². The average molecular weight is 451 g/mol. The predicted molar refractivity (Wildman–Crippen MR) is 108 cm³/mol. The van der Waals surface area contributed by atoms with Crippen LogP contribution in [0.2, 0.25) is 0 Å². The zero-order valence-electron chi connectivity index (χ0n) is 16.9. The number of nitrogens with one attached hydrogen (secondary N) is 1. The number of hydrogen-bond donors (Lipinski definition) is 1. The van der Waals surface area contributed by atoms with Gasteiger partial charge in [-0.25, -0.2) is 8.42 Å². The van der Waals surface area contributed by atoms with Crippen LogP contribution in [0.5, 0.6) is 5.75 Å². The summed E-state index contributed by atoms with van der Waals surface area (Å²) in [5, 5.41) is 3.47. The van der Waals surface area contributed by atoms with Gasteiger partial charge in [0.2, 0.25) is 6.10 Å². The van der Waals surface area contributed by atoms with Crippen molar-refractivity contribution in [2.75, 3.05) is 17.6 Å². The molecule has 0 aromatic heterocycles. The van der Waals surface area contributed by atoms with Crippen LogP contribution in [0.3, 0.4) is 0 Å². The molecule has 1 N–H and O–H groups in total. The van der Waals surface area contributed by atoms with Crippen LogP contribution in [-0.2, 0) is 19.6 Å². The quantitative estimate of drug-likeness (QED) is 0.270. The van der Waals surface area contributed by atoms with Crippen LogP contribution in [0.1, 0.15) is 27.2 Å². The number of benzene rings is 1. The topological polar surface area (TPSA) is 108 Å². The average Bonchev–Trinajstić information content (AvgIpc) is 3.14. The van der Waals surface area contributed by atoms with Crippen molar-refractivity contribution in [1.29, 1.82) is 0 Å². The second-order valence-electron chi connectivity index (χ2n) is 6.20. The minimum atomic E-state index is -3.92. The molecule has 154 valence electrons. The van der Waals surface area contributed by atoms with Gasteiger partial charge in [0, 0.05) is 12.3 Å². The second-order valence-corrected chi connectivity index (χ2v) is 8.07. The Morgan fingerprint density at radius 1 is 1.31 bits per heavy atom. The molecule has 2 heterocycles. The van der Waals surface area contributed by atoms with Crippen molar-refractivity contribution in [2.24, 2.45) is 0 Å². The molecule has 0 saturated carbocycles.